The van der Waals surface area contributed by atoms with Gasteiger partial charge in [-0.1, -0.05) is 0 Å². The van der Waals surface area contributed by atoms with Gasteiger partial charge in [0, 0.05) is 31.2 Å². The Labute approximate surface area is 129 Å². The zero-order valence-corrected chi connectivity index (χ0v) is 13.6. The fourth-order valence-electron chi connectivity index (χ4n) is 4.03. The van der Waals surface area contributed by atoms with E-state index in [1.165, 1.54) is 45.3 Å². The molecule has 4 nitrogen and oxygen atoms in total. The summed E-state index contributed by atoms with van der Waals surface area (Å²) >= 11 is 0. The molecule has 1 aliphatic carbocycles. The fourth-order valence-corrected chi connectivity index (χ4v) is 4.03. The maximum absolute atomic E-state index is 9.44. The average Bonchev–Trinajstić information content (AvgIpc) is 3.15. The Bertz CT molecular complexity index is 400. The first-order valence-corrected chi connectivity index (χ1v) is 8.77. The van der Waals surface area contributed by atoms with Crippen molar-refractivity contribution in [2.75, 3.05) is 26.2 Å². The van der Waals surface area contributed by atoms with E-state index in [0.29, 0.717) is 12.1 Å². The highest BCUT2D eigenvalue weighted by molar-refractivity contribution is 5.07. The van der Waals surface area contributed by atoms with Gasteiger partial charge >= 0.3 is 0 Å². The second kappa shape index (κ2) is 6.24. The second-order valence-electron chi connectivity index (χ2n) is 7.60. The molecule has 0 radical (unpaired) electrons. The Kier molecular flexibility index (Phi) is 4.54. The highest BCUT2D eigenvalue weighted by Crippen LogP contribution is 2.26. The molecule has 0 bridgehead atoms. The van der Waals surface area contributed by atoms with Gasteiger partial charge in [0.25, 0.3) is 0 Å². The van der Waals surface area contributed by atoms with Crippen LogP contribution in [0.5, 0.6) is 0 Å². The van der Waals surface area contributed by atoms with E-state index in [1.807, 2.05) is 0 Å². The zero-order chi connectivity index (χ0) is 14.9. The van der Waals surface area contributed by atoms with Crippen molar-refractivity contribution in [3.63, 3.8) is 0 Å². The second-order valence-corrected chi connectivity index (χ2v) is 7.60. The van der Waals surface area contributed by atoms with E-state index in [0.717, 1.165) is 25.4 Å². The summed E-state index contributed by atoms with van der Waals surface area (Å²) < 4.78 is 0. The summed E-state index contributed by atoms with van der Waals surface area (Å²) in [6.45, 7) is 9.36. The van der Waals surface area contributed by atoms with E-state index in [2.05, 4.69) is 35.0 Å². The summed E-state index contributed by atoms with van der Waals surface area (Å²) in [5.74, 6) is 0. The molecule has 21 heavy (non-hydrogen) atoms. The number of rotatable bonds is 6. The van der Waals surface area contributed by atoms with Crippen LogP contribution in [0.25, 0.3) is 0 Å². The monoisotopic (exact) mass is 290 g/mol. The van der Waals surface area contributed by atoms with E-state index >= 15 is 0 Å². The predicted octanol–water partition coefficient (Wildman–Crippen LogP) is 1.97. The molecule has 3 rings (SSSR count). The SMILES string of the molecule is CC1CN2CCCC2CN1CCCC(C)(C#N)NC1CC1. The third-order valence-corrected chi connectivity index (χ3v) is 5.54. The van der Waals surface area contributed by atoms with Crippen LogP contribution in [0.2, 0.25) is 0 Å². The number of nitrogens with one attached hydrogen (secondary N) is 1. The third-order valence-electron chi connectivity index (χ3n) is 5.54. The van der Waals surface area contributed by atoms with Gasteiger partial charge in [-0.3, -0.25) is 15.1 Å². The normalized spacial score (nSPS) is 33.4. The molecule has 3 fully saturated rings. The lowest BCUT2D eigenvalue weighted by Gasteiger charge is -2.42. The number of fused-ring (bicyclic) bond motifs is 1. The first-order chi connectivity index (χ1) is 10.1. The predicted molar refractivity (Wildman–Crippen MR) is 85.0 cm³/mol. The molecule has 2 heterocycles. The molecule has 0 spiro atoms. The minimum Gasteiger partial charge on any atom is -0.298 e. The summed E-state index contributed by atoms with van der Waals surface area (Å²) in [6, 6.07) is 4.57. The molecule has 3 aliphatic rings. The van der Waals surface area contributed by atoms with Gasteiger partial charge in [-0.25, -0.2) is 0 Å². The van der Waals surface area contributed by atoms with Gasteiger partial charge in [0.15, 0.2) is 0 Å². The van der Waals surface area contributed by atoms with Crippen molar-refractivity contribution in [1.82, 2.24) is 15.1 Å². The van der Waals surface area contributed by atoms with Gasteiger partial charge in [0.1, 0.15) is 5.54 Å². The van der Waals surface area contributed by atoms with E-state index in [9.17, 15) is 5.26 Å². The van der Waals surface area contributed by atoms with Crippen LogP contribution < -0.4 is 5.32 Å². The Morgan fingerprint density at radius 2 is 2.10 bits per heavy atom. The van der Waals surface area contributed by atoms with Gasteiger partial charge in [0.05, 0.1) is 6.07 Å². The molecular weight excluding hydrogens is 260 g/mol. The van der Waals surface area contributed by atoms with Gasteiger partial charge < -0.3 is 0 Å². The van der Waals surface area contributed by atoms with Crippen LogP contribution in [0.15, 0.2) is 0 Å². The van der Waals surface area contributed by atoms with Crippen molar-refractivity contribution >= 4 is 0 Å². The molecule has 0 aromatic rings. The molecule has 3 unspecified atom stereocenters. The van der Waals surface area contributed by atoms with Crippen molar-refractivity contribution in [1.29, 1.82) is 5.26 Å². The Morgan fingerprint density at radius 3 is 2.81 bits per heavy atom. The number of nitriles is 1. The van der Waals surface area contributed by atoms with Crippen LogP contribution in [0, 0.1) is 11.3 Å². The fraction of sp³-hybridized carbons (Fsp3) is 0.941. The van der Waals surface area contributed by atoms with Gasteiger partial charge in [-0.15, -0.1) is 0 Å². The van der Waals surface area contributed by atoms with Crippen LogP contribution in [0.3, 0.4) is 0 Å². The highest BCUT2D eigenvalue weighted by Gasteiger charge is 2.35. The van der Waals surface area contributed by atoms with Crippen LogP contribution in [0.4, 0.5) is 0 Å². The molecule has 0 aromatic heterocycles. The summed E-state index contributed by atoms with van der Waals surface area (Å²) in [5.41, 5.74) is -0.320. The first-order valence-electron chi connectivity index (χ1n) is 8.77. The van der Waals surface area contributed by atoms with Crippen molar-refractivity contribution in [3.05, 3.63) is 0 Å². The van der Waals surface area contributed by atoms with Crippen LogP contribution in [0.1, 0.15) is 52.4 Å². The Morgan fingerprint density at radius 1 is 1.29 bits per heavy atom. The molecular formula is C17H30N4. The lowest BCUT2D eigenvalue weighted by atomic mass is 9.96. The third kappa shape index (κ3) is 3.77. The molecule has 2 aliphatic heterocycles. The lowest BCUT2D eigenvalue weighted by Crippen LogP contribution is -2.55. The Balaban J connectivity index is 1.44. The highest BCUT2D eigenvalue weighted by atomic mass is 15.3. The van der Waals surface area contributed by atoms with Gasteiger partial charge in [0.2, 0.25) is 0 Å². The summed E-state index contributed by atoms with van der Waals surface area (Å²) in [6.07, 6.45) is 7.35. The summed E-state index contributed by atoms with van der Waals surface area (Å²) in [4.78, 5) is 5.33. The maximum Gasteiger partial charge on any atom is 0.104 e. The molecule has 3 atom stereocenters. The molecule has 0 amide bonds. The molecule has 2 saturated heterocycles. The summed E-state index contributed by atoms with van der Waals surface area (Å²) in [7, 11) is 0. The van der Waals surface area contributed by atoms with Gasteiger partial charge in [-0.2, -0.15) is 5.26 Å². The number of piperazine rings is 1. The van der Waals surface area contributed by atoms with E-state index in [-0.39, 0.29) is 5.54 Å². The Hall–Kier alpha value is -0.630. The number of hydrogen-bond donors (Lipinski definition) is 1. The molecule has 1 N–H and O–H groups in total. The molecule has 1 saturated carbocycles. The summed E-state index contributed by atoms with van der Waals surface area (Å²) in [5, 5.41) is 13.0. The van der Waals surface area contributed by atoms with E-state index < -0.39 is 0 Å². The standard InChI is InChI=1S/C17H30N4/c1-14-11-21-9-3-5-16(21)12-20(14)10-4-8-17(2,13-18)19-15-6-7-15/h14-16,19H,3-12H2,1-2H3. The molecule has 4 heteroatoms. The van der Waals surface area contributed by atoms with E-state index in [4.69, 9.17) is 0 Å². The van der Waals surface area contributed by atoms with Crippen LogP contribution in [-0.4, -0.2) is 59.6 Å². The quantitative estimate of drug-likeness (QED) is 0.812. The number of nitrogens with zero attached hydrogens (tertiary/aromatic N) is 3. The topological polar surface area (TPSA) is 42.3 Å². The molecule has 0 aromatic carbocycles. The smallest absolute Gasteiger partial charge is 0.104 e. The molecule has 118 valence electrons. The zero-order valence-electron chi connectivity index (χ0n) is 13.6. The van der Waals surface area contributed by atoms with Crippen LogP contribution in [-0.2, 0) is 0 Å². The van der Waals surface area contributed by atoms with Crippen molar-refractivity contribution < 1.29 is 0 Å². The van der Waals surface area contributed by atoms with Crippen LogP contribution >= 0.6 is 0 Å². The van der Waals surface area contributed by atoms with Crippen molar-refractivity contribution in [2.24, 2.45) is 0 Å². The average molecular weight is 290 g/mol. The minimum atomic E-state index is -0.320. The minimum absolute atomic E-state index is 0.320. The van der Waals surface area contributed by atoms with Crippen molar-refractivity contribution in [3.8, 4) is 6.07 Å². The maximum atomic E-state index is 9.44. The lowest BCUT2D eigenvalue weighted by molar-refractivity contribution is 0.0574. The first kappa shape index (κ1) is 15.3. The number of hydrogen-bond acceptors (Lipinski definition) is 4. The largest absolute Gasteiger partial charge is 0.298 e. The van der Waals surface area contributed by atoms with E-state index in [1.54, 1.807) is 0 Å². The van der Waals surface area contributed by atoms with Gasteiger partial charge in [-0.05, 0) is 65.5 Å². The van der Waals surface area contributed by atoms with Crippen molar-refractivity contribution in [2.45, 2.75) is 76.0 Å².